The second kappa shape index (κ2) is 11.4. The van der Waals surface area contributed by atoms with Gasteiger partial charge in [0.2, 0.25) is 6.61 Å². The number of esters is 2. The Morgan fingerprint density at radius 3 is 2.66 bits per heavy atom. The van der Waals surface area contributed by atoms with Crippen LogP contribution in [0.4, 0.5) is 0 Å². The maximum Gasteiger partial charge on any atom is 0.346 e. The third-order valence-corrected chi connectivity index (χ3v) is 4.91. The first-order valence-electron chi connectivity index (χ1n) is 9.47. The minimum Gasteiger partial charge on any atom is -0.466 e. The number of hydrogen-bond donors (Lipinski definition) is 0. The van der Waals surface area contributed by atoms with Gasteiger partial charge in [-0.1, -0.05) is 41.1 Å². The van der Waals surface area contributed by atoms with Gasteiger partial charge in [0.15, 0.2) is 0 Å². The van der Waals surface area contributed by atoms with Gasteiger partial charge < -0.3 is 14.3 Å². The molecule has 0 unspecified atom stereocenters. The van der Waals surface area contributed by atoms with Crippen molar-refractivity contribution >= 4 is 29.3 Å². The number of benzene rings is 1. The van der Waals surface area contributed by atoms with Crippen molar-refractivity contribution in [2.75, 3.05) is 20.3 Å². The highest BCUT2D eigenvalue weighted by molar-refractivity contribution is 6.33. The topological polar surface area (TPSA) is 74.2 Å². The van der Waals surface area contributed by atoms with Crippen LogP contribution in [0.25, 0.3) is 0 Å². The van der Waals surface area contributed by atoms with Gasteiger partial charge in [-0.25, -0.2) is 9.59 Å². The number of rotatable bonds is 3. The molecule has 0 saturated carbocycles. The largest absolute Gasteiger partial charge is 0.466 e. The van der Waals surface area contributed by atoms with Crippen LogP contribution in [0.3, 0.4) is 0 Å². The van der Waals surface area contributed by atoms with Crippen molar-refractivity contribution in [2.24, 2.45) is 5.16 Å². The molecule has 1 aromatic rings. The summed E-state index contributed by atoms with van der Waals surface area (Å²) in [5.74, 6) is -0.943. The van der Waals surface area contributed by atoms with Gasteiger partial charge in [0.25, 0.3) is 0 Å². The Balaban J connectivity index is 2.45. The van der Waals surface area contributed by atoms with Crippen LogP contribution in [0, 0.1) is 13.8 Å². The molecule has 0 N–H and O–H groups in total. The van der Waals surface area contributed by atoms with Gasteiger partial charge in [-0.2, -0.15) is 0 Å². The number of methoxy groups -OCH3 is 1. The fourth-order valence-corrected chi connectivity index (χ4v) is 3.18. The Labute approximate surface area is 176 Å². The second-order valence-corrected chi connectivity index (χ2v) is 7.04. The molecule has 1 aliphatic heterocycles. The fraction of sp³-hybridized carbons (Fsp3) is 0.409. The summed E-state index contributed by atoms with van der Waals surface area (Å²) in [6.45, 7) is 3.75. The molecule has 1 aromatic carbocycles. The van der Waals surface area contributed by atoms with Crippen LogP contribution in [0.5, 0.6) is 0 Å². The van der Waals surface area contributed by atoms with Crippen molar-refractivity contribution in [3.8, 4) is 0 Å². The van der Waals surface area contributed by atoms with E-state index in [-0.39, 0.29) is 13.0 Å². The van der Waals surface area contributed by atoms with Crippen molar-refractivity contribution in [3.63, 3.8) is 0 Å². The minimum absolute atomic E-state index is 0.263. The summed E-state index contributed by atoms with van der Waals surface area (Å²) >= 11 is 6.56. The lowest BCUT2D eigenvalue weighted by molar-refractivity contribution is -0.145. The Morgan fingerprint density at radius 1 is 1.17 bits per heavy atom. The molecule has 0 radical (unpaired) electrons. The summed E-state index contributed by atoms with van der Waals surface area (Å²) in [6.07, 6.45) is 10.4. The maximum absolute atomic E-state index is 12.8. The molecule has 0 fully saturated rings. The number of fused-ring (bicyclic) bond motifs is 1. The van der Waals surface area contributed by atoms with E-state index >= 15 is 0 Å². The number of nitrogens with zero attached hydrogens (tertiary/aromatic N) is 1. The molecule has 0 atom stereocenters. The van der Waals surface area contributed by atoms with Crippen molar-refractivity contribution in [1.29, 1.82) is 0 Å². The van der Waals surface area contributed by atoms with E-state index in [1.54, 1.807) is 0 Å². The summed E-state index contributed by atoms with van der Waals surface area (Å²) in [6, 6.07) is 1.87. The average Bonchev–Trinajstić information content (AvgIpc) is 2.69. The number of cyclic esters (lactones) is 1. The van der Waals surface area contributed by atoms with Gasteiger partial charge in [-0.3, -0.25) is 0 Å². The van der Waals surface area contributed by atoms with E-state index in [4.69, 9.17) is 21.2 Å². The third kappa shape index (κ3) is 6.75. The molecule has 2 rings (SSSR count). The number of carbonyl (C=O) groups is 2. The Bertz CT molecular complexity index is 842. The highest BCUT2D eigenvalue weighted by Crippen LogP contribution is 2.29. The summed E-state index contributed by atoms with van der Waals surface area (Å²) in [5, 5.41) is 4.56. The molecule has 0 spiro atoms. The number of hydrogen-bond acceptors (Lipinski definition) is 6. The normalized spacial score (nSPS) is 17.8. The Morgan fingerprint density at radius 2 is 1.90 bits per heavy atom. The van der Waals surface area contributed by atoms with E-state index in [0.29, 0.717) is 34.9 Å². The van der Waals surface area contributed by atoms with Crippen LogP contribution in [0.1, 0.15) is 46.3 Å². The van der Waals surface area contributed by atoms with Crippen LogP contribution in [0.15, 0.2) is 35.5 Å². The molecule has 156 valence electrons. The van der Waals surface area contributed by atoms with Crippen LogP contribution in [-0.4, -0.2) is 38.0 Å². The third-order valence-electron chi connectivity index (χ3n) is 4.39. The number of carbonyl (C=O) groups excluding carboxylic acids is 2. The summed E-state index contributed by atoms with van der Waals surface area (Å²) in [4.78, 5) is 29.2. The molecule has 0 bridgehead atoms. The SMILES string of the molecule is COC(=O)CON=C1C=CCC/C=C/CCOC(=O)c2c(C)cc(C)c(Cl)c2C1. The van der Waals surface area contributed by atoms with Crippen molar-refractivity contribution in [2.45, 2.75) is 39.5 Å². The van der Waals surface area contributed by atoms with E-state index in [1.807, 2.05) is 44.2 Å². The standard InChI is InChI=1S/C22H26ClNO5/c1-15-12-16(2)21(23)18-13-17(24-29-14-19(25)27-3)10-8-6-4-5-7-9-11-28-22(26)20(15)18/h5,7-8,10,12H,4,6,9,11,13-14H2,1-3H3/b7-5+,10-8?,24-17?. The lowest BCUT2D eigenvalue weighted by Gasteiger charge is -2.16. The van der Waals surface area contributed by atoms with Gasteiger partial charge in [-0.15, -0.1) is 0 Å². The predicted molar refractivity (Wildman–Crippen MR) is 112 cm³/mol. The summed E-state index contributed by atoms with van der Waals surface area (Å²) in [5.41, 5.74) is 3.25. The highest BCUT2D eigenvalue weighted by Gasteiger charge is 2.21. The van der Waals surface area contributed by atoms with Crippen molar-refractivity contribution in [3.05, 3.63) is 57.6 Å². The number of halogens is 1. The monoisotopic (exact) mass is 419 g/mol. The number of oxime groups is 1. The van der Waals surface area contributed by atoms with Crippen molar-refractivity contribution < 1.29 is 23.9 Å². The van der Waals surface area contributed by atoms with Gasteiger partial charge in [0.05, 0.1) is 25.0 Å². The van der Waals surface area contributed by atoms with Crippen LogP contribution >= 0.6 is 11.6 Å². The smallest absolute Gasteiger partial charge is 0.346 e. The van der Waals surface area contributed by atoms with Gasteiger partial charge in [0, 0.05) is 11.4 Å². The van der Waals surface area contributed by atoms with Gasteiger partial charge in [0.1, 0.15) is 0 Å². The first kappa shape index (κ1) is 22.7. The molecule has 29 heavy (non-hydrogen) atoms. The molecule has 0 amide bonds. The fourth-order valence-electron chi connectivity index (χ4n) is 2.97. The summed E-state index contributed by atoms with van der Waals surface area (Å²) < 4.78 is 10.0. The van der Waals surface area contributed by atoms with E-state index < -0.39 is 11.9 Å². The van der Waals surface area contributed by atoms with E-state index in [1.165, 1.54) is 7.11 Å². The first-order valence-corrected chi connectivity index (χ1v) is 9.84. The molecule has 0 aliphatic carbocycles. The first-order chi connectivity index (χ1) is 13.9. The van der Waals surface area contributed by atoms with E-state index in [0.717, 1.165) is 24.0 Å². The Kier molecular flexibility index (Phi) is 8.93. The van der Waals surface area contributed by atoms with Gasteiger partial charge >= 0.3 is 11.9 Å². The molecule has 0 aromatic heterocycles. The predicted octanol–water partition coefficient (Wildman–Crippen LogP) is 4.50. The lowest BCUT2D eigenvalue weighted by Crippen LogP contribution is -2.15. The number of allylic oxidation sites excluding steroid dienone is 3. The zero-order valence-corrected chi connectivity index (χ0v) is 17.8. The van der Waals surface area contributed by atoms with Crippen LogP contribution < -0.4 is 0 Å². The quantitative estimate of drug-likeness (QED) is 0.409. The molecule has 6 nitrogen and oxygen atoms in total. The van der Waals surface area contributed by atoms with Gasteiger partial charge in [-0.05, 0) is 55.9 Å². The summed E-state index contributed by atoms with van der Waals surface area (Å²) in [7, 11) is 1.28. The molecule has 7 heteroatoms. The number of aryl methyl sites for hydroxylation is 2. The molecule has 1 heterocycles. The maximum atomic E-state index is 12.8. The number of ether oxygens (including phenoxy) is 2. The van der Waals surface area contributed by atoms with Crippen LogP contribution in [0.2, 0.25) is 5.02 Å². The highest BCUT2D eigenvalue weighted by atomic mass is 35.5. The zero-order valence-electron chi connectivity index (χ0n) is 17.0. The van der Waals surface area contributed by atoms with E-state index in [9.17, 15) is 9.59 Å². The molecular weight excluding hydrogens is 394 g/mol. The molecule has 0 saturated heterocycles. The Hall–Kier alpha value is -2.60. The molecule has 1 aliphatic rings. The van der Waals surface area contributed by atoms with E-state index in [2.05, 4.69) is 9.89 Å². The average molecular weight is 420 g/mol. The second-order valence-electron chi connectivity index (χ2n) is 6.66. The zero-order chi connectivity index (χ0) is 21.2. The van der Waals surface area contributed by atoms with Crippen molar-refractivity contribution in [1.82, 2.24) is 0 Å². The van der Waals surface area contributed by atoms with Crippen LogP contribution in [-0.2, 0) is 25.5 Å². The lowest BCUT2D eigenvalue weighted by atomic mass is 9.94. The molecular formula is C22H26ClNO5. The minimum atomic E-state index is -0.530.